The van der Waals surface area contributed by atoms with Crippen LogP contribution in [0.3, 0.4) is 0 Å². The molecule has 3 rings (SSSR count). The molecule has 0 N–H and O–H groups in total. The molecule has 124 valence electrons. The summed E-state index contributed by atoms with van der Waals surface area (Å²) in [5, 5.41) is 9.04. The summed E-state index contributed by atoms with van der Waals surface area (Å²) in [4.78, 5) is 7.99. The summed E-state index contributed by atoms with van der Waals surface area (Å²) >= 11 is 0. The van der Waals surface area contributed by atoms with Crippen LogP contribution in [0.15, 0.2) is 61.1 Å². The molecule has 0 fully saturated rings. The van der Waals surface area contributed by atoms with Crippen molar-refractivity contribution in [3.8, 4) is 28.7 Å². The molecule has 0 unspecified atom stereocenters. The Kier molecular flexibility index (Phi) is 5.17. The van der Waals surface area contributed by atoms with Gasteiger partial charge in [0.15, 0.2) is 0 Å². The molecule has 25 heavy (non-hydrogen) atoms. The fraction of sp³-hybridized carbons (Fsp3) is 0.105. The molecule has 2 aromatic heterocycles. The Morgan fingerprint density at radius 1 is 1.04 bits per heavy atom. The molecule has 6 heteroatoms. The van der Waals surface area contributed by atoms with Crippen LogP contribution in [0, 0.1) is 17.1 Å². The second kappa shape index (κ2) is 7.88. The van der Waals surface area contributed by atoms with Gasteiger partial charge in [0.1, 0.15) is 42.3 Å². The van der Waals surface area contributed by atoms with E-state index >= 15 is 0 Å². The number of benzene rings is 1. The van der Waals surface area contributed by atoms with E-state index in [2.05, 4.69) is 9.97 Å². The quantitative estimate of drug-likeness (QED) is 0.644. The molecule has 0 aliphatic heterocycles. The van der Waals surface area contributed by atoms with Crippen LogP contribution in [0.2, 0.25) is 0 Å². The van der Waals surface area contributed by atoms with Gasteiger partial charge >= 0.3 is 0 Å². The van der Waals surface area contributed by atoms with Crippen molar-refractivity contribution in [1.29, 1.82) is 5.26 Å². The van der Waals surface area contributed by atoms with Crippen molar-refractivity contribution in [2.75, 3.05) is 13.2 Å². The molecule has 0 atom stereocenters. The highest BCUT2D eigenvalue weighted by atomic mass is 19.1. The molecular formula is C19H14FN3O2. The van der Waals surface area contributed by atoms with Gasteiger partial charge in [-0.2, -0.15) is 5.26 Å². The maximum Gasteiger partial charge on any atom is 0.145 e. The monoisotopic (exact) mass is 335 g/mol. The molecule has 0 saturated carbocycles. The molecule has 1 aromatic carbocycles. The fourth-order valence-corrected chi connectivity index (χ4v) is 2.22. The van der Waals surface area contributed by atoms with Gasteiger partial charge in [-0.15, -0.1) is 0 Å². The van der Waals surface area contributed by atoms with Crippen LogP contribution in [-0.2, 0) is 0 Å². The predicted octanol–water partition coefficient (Wildman–Crippen LogP) is 3.61. The van der Waals surface area contributed by atoms with Crippen molar-refractivity contribution in [3.63, 3.8) is 0 Å². The van der Waals surface area contributed by atoms with E-state index in [1.165, 1.54) is 18.3 Å². The van der Waals surface area contributed by atoms with Crippen LogP contribution in [-0.4, -0.2) is 23.2 Å². The Labute approximate surface area is 144 Å². The van der Waals surface area contributed by atoms with Gasteiger partial charge in [-0.25, -0.2) is 9.37 Å². The third-order valence-electron chi connectivity index (χ3n) is 3.38. The maximum absolute atomic E-state index is 13.1. The number of hydrogen-bond donors (Lipinski definition) is 0. The molecular weight excluding hydrogens is 321 g/mol. The molecule has 3 aromatic rings. The highest BCUT2D eigenvalue weighted by Gasteiger charge is 2.09. The van der Waals surface area contributed by atoms with E-state index in [-0.39, 0.29) is 18.1 Å². The number of nitrogens with zero attached hydrogens (tertiary/aromatic N) is 3. The van der Waals surface area contributed by atoms with Crippen LogP contribution in [0.1, 0.15) is 5.69 Å². The molecule has 0 spiro atoms. The third kappa shape index (κ3) is 4.30. The van der Waals surface area contributed by atoms with Crippen molar-refractivity contribution >= 4 is 0 Å². The van der Waals surface area contributed by atoms with Crippen molar-refractivity contribution in [1.82, 2.24) is 9.97 Å². The first-order valence-corrected chi connectivity index (χ1v) is 7.58. The van der Waals surface area contributed by atoms with Crippen LogP contribution >= 0.6 is 0 Å². The number of rotatable bonds is 6. The Bertz CT molecular complexity index is 877. The number of pyridine rings is 2. The lowest BCUT2D eigenvalue weighted by atomic mass is 10.1. The highest BCUT2D eigenvalue weighted by molar-refractivity contribution is 5.70. The van der Waals surface area contributed by atoms with Crippen molar-refractivity contribution in [2.24, 2.45) is 0 Å². The molecule has 0 aliphatic carbocycles. The Morgan fingerprint density at radius 3 is 2.56 bits per heavy atom. The lowest BCUT2D eigenvalue weighted by Crippen LogP contribution is -2.10. The molecule has 0 amide bonds. The SMILES string of the molecule is N#Cc1cc(-c2ccc(F)cc2)c(OCCOc2cccnc2)cn1. The van der Waals surface area contributed by atoms with E-state index in [1.54, 1.807) is 42.7 Å². The zero-order valence-electron chi connectivity index (χ0n) is 13.2. The molecule has 0 saturated heterocycles. The summed E-state index contributed by atoms with van der Waals surface area (Å²) in [5.41, 5.74) is 1.68. The second-order valence-electron chi connectivity index (χ2n) is 5.07. The first kappa shape index (κ1) is 16.4. The summed E-state index contributed by atoms with van der Waals surface area (Å²) < 4.78 is 24.4. The minimum Gasteiger partial charge on any atom is -0.488 e. The summed E-state index contributed by atoms with van der Waals surface area (Å²) in [6.45, 7) is 0.616. The summed E-state index contributed by atoms with van der Waals surface area (Å²) in [7, 11) is 0. The van der Waals surface area contributed by atoms with Gasteiger partial charge in [0.05, 0.1) is 12.4 Å². The van der Waals surface area contributed by atoms with Crippen LogP contribution in [0.4, 0.5) is 4.39 Å². The number of ether oxygens (including phenoxy) is 2. The minimum absolute atomic E-state index is 0.262. The molecule has 0 bridgehead atoms. The van der Waals surface area contributed by atoms with Gasteiger partial charge in [0.25, 0.3) is 0 Å². The van der Waals surface area contributed by atoms with Crippen molar-refractivity contribution in [2.45, 2.75) is 0 Å². The van der Waals surface area contributed by atoms with E-state index in [0.29, 0.717) is 23.7 Å². The average molecular weight is 335 g/mol. The predicted molar refractivity (Wildman–Crippen MR) is 89.6 cm³/mol. The number of hydrogen-bond acceptors (Lipinski definition) is 5. The molecule has 0 radical (unpaired) electrons. The highest BCUT2D eigenvalue weighted by Crippen LogP contribution is 2.30. The standard InChI is InChI=1S/C19H14FN3O2/c20-15-5-3-14(4-6-15)18-10-16(11-21)23-13-19(18)25-9-8-24-17-2-1-7-22-12-17/h1-7,10,12-13H,8-9H2. The zero-order chi connectivity index (χ0) is 17.5. The zero-order valence-corrected chi connectivity index (χ0v) is 13.2. The van der Waals surface area contributed by atoms with Crippen LogP contribution < -0.4 is 9.47 Å². The van der Waals surface area contributed by atoms with E-state index in [1.807, 2.05) is 6.07 Å². The summed E-state index contributed by atoms with van der Waals surface area (Å²) in [5.74, 6) is 0.828. The Balaban J connectivity index is 1.72. The normalized spacial score (nSPS) is 10.1. The number of halogens is 1. The third-order valence-corrected chi connectivity index (χ3v) is 3.38. The first-order valence-electron chi connectivity index (χ1n) is 7.58. The number of aromatic nitrogens is 2. The smallest absolute Gasteiger partial charge is 0.145 e. The minimum atomic E-state index is -0.328. The van der Waals surface area contributed by atoms with Gasteiger partial charge in [0, 0.05) is 11.8 Å². The van der Waals surface area contributed by atoms with E-state index in [9.17, 15) is 4.39 Å². The maximum atomic E-state index is 13.1. The van der Waals surface area contributed by atoms with E-state index < -0.39 is 0 Å². The Morgan fingerprint density at radius 2 is 1.84 bits per heavy atom. The van der Waals surface area contributed by atoms with E-state index in [0.717, 1.165) is 5.56 Å². The number of nitriles is 1. The van der Waals surface area contributed by atoms with Crippen molar-refractivity contribution < 1.29 is 13.9 Å². The average Bonchev–Trinajstić information content (AvgIpc) is 2.67. The molecule has 5 nitrogen and oxygen atoms in total. The Hall–Kier alpha value is -3.46. The first-order chi connectivity index (χ1) is 12.3. The van der Waals surface area contributed by atoms with Crippen molar-refractivity contribution in [3.05, 3.63) is 72.6 Å². The van der Waals surface area contributed by atoms with Gasteiger partial charge in [-0.05, 0) is 35.9 Å². The second-order valence-corrected chi connectivity index (χ2v) is 5.07. The molecule has 2 heterocycles. The fourth-order valence-electron chi connectivity index (χ4n) is 2.22. The van der Waals surface area contributed by atoms with E-state index in [4.69, 9.17) is 14.7 Å². The largest absolute Gasteiger partial charge is 0.488 e. The van der Waals surface area contributed by atoms with Gasteiger partial charge in [-0.3, -0.25) is 4.98 Å². The lowest BCUT2D eigenvalue weighted by Gasteiger charge is -2.12. The van der Waals surface area contributed by atoms with Crippen LogP contribution in [0.5, 0.6) is 11.5 Å². The van der Waals surface area contributed by atoms with Gasteiger partial charge < -0.3 is 9.47 Å². The topological polar surface area (TPSA) is 68.0 Å². The van der Waals surface area contributed by atoms with Crippen LogP contribution in [0.25, 0.3) is 11.1 Å². The van der Waals surface area contributed by atoms with Gasteiger partial charge in [0.2, 0.25) is 0 Å². The lowest BCUT2D eigenvalue weighted by molar-refractivity contribution is 0.217. The molecule has 0 aliphatic rings. The summed E-state index contributed by atoms with van der Waals surface area (Å²) in [6.07, 6.45) is 4.77. The summed E-state index contributed by atoms with van der Waals surface area (Å²) in [6, 6.07) is 13.2. The van der Waals surface area contributed by atoms with Gasteiger partial charge in [-0.1, -0.05) is 12.1 Å².